The second-order valence-corrected chi connectivity index (χ2v) is 7.14. The number of anilines is 2. The van der Waals surface area contributed by atoms with Crippen LogP contribution in [0, 0.1) is 17.3 Å². The van der Waals surface area contributed by atoms with Gasteiger partial charge in [0.1, 0.15) is 0 Å². The number of urea groups is 1. The quantitative estimate of drug-likeness (QED) is 0.582. The van der Waals surface area contributed by atoms with Crippen LogP contribution in [0.2, 0.25) is 0 Å². The van der Waals surface area contributed by atoms with E-state index in [-0.39, 0.29) is 24.3 Å². The van der Waals surface area contributed by atoms with E-state index < -0.39 is 29.3 Å². The van der Waals surface area contributed by atoms with Gasteiger partial charge in [-0.1, -0.05) is 0 Å². The second-order valence-electron chi connectivity index (χ2n) is 7.14. The monoisotopic (exact) mass is 421 g/mol. The molecule has 0 saturated carbocycles. The summed E-state index contributed by atoms with van der Waals surface area (Å²) in [5.74, 6) is -0.722. The van der Waals surface area contributed by atoms with E-state index in [2.05, 4.69) is 10.3 Å². The van der Waals surface area contributed by atoms with Gasteiger partial charge in [-0.25, -0.2) is 9.78 Å². The summed E-state index contributed by atoms with van der Waals surface area (Å²) in [6, 6.07) is 6.69. The summed E-state index contributed by atoms with van der Waals surface area (Å²) in [5.41, 5.74) is -0.828. The van der Waals surface area contributed by atoms with Crippen molar-refractivity contribution in [2.75, 3.05) is 23.3 Å². The van der Waals surface area contributed by atoms with Crippen LogP contribution in [0.25, 0.3) is 0 Å². The highest BCUT2D eigenvalue weighted by Gasteiger charge is 2.36. The molecule has 6 nitrogen and oxygen atoms in total. The maximum Gasteiger partial charge on any atom is 0.417 e. The van der Waals surface area contributed by atoms with E-state index >= 15 is 0 Å². The minimum absolute atomic E-state index is 0.252. The minimum atomic E-state index is -4.64. The first kappa shape index (κ1) is 21.4. The standard InChI is InChI=1S/C20H19F4N5O/c1-12-11-29(19(30)27-15-5-6-26-18(21)7-15)13(2)10-28(12)16-4-3-14(9-25)17(8-16)20(22,23)24/h3-8,12-13H,10-11H2,1-2H3,(H,26,27,30)/t12-,13+/m0/s1. The number of hydrogen-bond donors (Lipinski definition) is 1. The van der Waals surface area contributed by atoms with Crippen molar-refractivity contribution < 1.29 is 22.4 Å². The second kappa shape index (κ2) is 8.18. The summed E-state index contributed by atoms with van der Waals surface area (Å²) in [5, 5.41) is 11.6. The molecule has 1 aliphatic rings. The van der Waals surface area contributed by atoms with Crippen molar-refractivity contribution in [3.8, 4) is 6.07 Å². The molecule has 2 amide bonds. The molecule has 2 aromatic rings. The van der Waals surface area contributed by atoms with Crippen molar-refractivity contribution in [3.63, 3.8) is 0 Å². The molecule has 2 heterocycles. The predicted molar refractivity (Wildman–Crippen MR) is 102 cm³/mol. The zero-order valence-corrected chi connectivity index (χ0v) is 16.2. The molecule has 1 saturated heterocycles. The lowest BCUT2D eigenvalue weighted by molar-refractivity contribution is -0.137. The average molecular weight is 421 g/mol. The summed E-state index contributed by atoms with van der Waals surface area (Å²) in [6.45, 7) is 4.12. The zero-order chi connectivity index (χ0) is 22.1. The lowest BCUT2D eigenvalue weighted by Crippen LogP contribution is -2.59. The Morgan fingerprint density at radius 2 is 1.93 bits per heavy atom. The smallest absolute Gasteiger partial charge is 0.365 e. The molecule has 0 radical (unpaired) electrons. The Morgan fingerprint density at radius 1 is 1.20 bits per heavy atom. The number of nitrogens with zero attached hydrogens (tertiary/aromatic N) is 4. The van der Waals surface area contributed by atoms with Gasteiger partial charge in [0.05, 0.1) is 17.2 Å². The minimum Gasteiger partial charge on any atom is -0.365 e. The molecule has 1 N–H and O–H groups in total. The van der Waals surface area contributed by atoms with E-state index in [0.29, 0.717) is 12.2 Å². The topological polar surface area (TPSA) is 72.3 Å². The highest BCUT2D eigenvalue weighted by Crippen LogP contribution is 2.35. The molecule has 0 unspecified atom stereocenters. The number of pyridine rings is 1. The van der Waals surface area contributed by atoms with E-state index in [0.717, 1.165) is 18.2 Å². The number of carbonyl (C=O) groups excluding carboxylic acids is 1. The summed E-state index contributed by atoms with van der Waals surface area (Å²) < 4.78 is 53.1. The largest absolute Gasteiger partial charge is 0.417 e. The van der Waals surface area contributed by atoms with Crippen LogP contribution >= 0.6 is 0 Å². The van der Waals surface area contributed by atoms with Gasteiger partial charge in [-0.15, -0.1) is 0 Å². The van der Waals surface area contributed by atoms with E-state index in [1.807, 2.05) is 0 Å². The molecule has 1 aliphatic heterocycles. The van der Waals surface area contributed by atoms with Crippen LogP contribution in [0.3, 0.4) is 0 Å². The third-order valence-corrected chi connectivity index (χ3v) is 4.99. The molecular formula is C20H19F4N5O. The molecule has 0 aliphatic carbocycles. The maximum atomic E-state index is 13.3. The molecule has 2 atom stereocenters. The number of piperazine rings is 1. The van der Waals surface area contributed by atoms with Crippen LogP contribution in [-0.4, -0.2) is 41.1 Å². The van der Waals surface area contributed by atoms with E-state index in [9.17, 15) is 22.4 Å². The molecule has 0 spiro atoms. The fourth-order valence-electron chi connectivity index (χ4n) is 3.49. The van der Waals surface area contributed by atoms with Crippen molar-refractivity contribution in [2.45, 2.75) is 32.1 Å². The van der Waals surface area contributed by atoms with Crippen molar-refractivity contribution in [1.29, 1.82) is 5.26 Å². The number of halogens is 4. The molecule has 0 bridgehead atoms. The number of nitrogens with one attached hydrogen (secondary N) is 1. The first-order valence-electron chi connectivity index (χ1n) is 9.17. The van der Waals surface area contributed by atoms with Crippen LogP contribution in [-0.2, 0) is 6.18 Å². The van der Waals surface area contributed by atoms with Crippen molar-refractivity contribution in [1.82, 2.24) is 9.88 Å². The van der Waals surface area contributed by atoms with Gasteiger partial charge in [0.15, 0.2) is 0 Å². The van der Waals surface area contributed by atoms with E-state index in [1.165, 1.54) is 18.3 Å². The van der Waals surface area contributed by atoms with E-state index in [4.69, 9.17) is 5.26 Å². The highest BCUT2D eigenvalue weighted by molar-refractivity contribution is 5.89. The Labute approximate surface area is 170 Å². The predicted octanol–water partition coefficient (Wildman–Crippen LogP) is 4.24. The van der Waals surface area contributed by atoms with Gasteiger partial charge in [-0.2, -0.15) is 22.8 Å². The van der Waals surface area contributed by atoms with Gasteiger partial charge >= 0.3 is 12.2 Å². The number of hydrogen-bond acceptors (Lipinski definition) is 4. The number of amides is 2. The summed E-state index contributed by atoms with van der Waals surface area (Å²) in [4.78, 5) is 19.4. The van der Waals surface area contributed by atoms with Crippen molar-refractivity contribution in [3.05, 3.63) is 53.6 Å². The molecule has 30 heavy (non-hydrogen) atoms. The van der Waals surface area contributed by atoms with Crippen LogP contribution < -0.4 is 10.2 Å². The van der Waals surface area contributed by atoms with Gasteiger partial charge in [0.2, 0.25) is 5.95 Å². The van der Waals surface area contributed by atoms with Crippen molar-refractivity contribution in [2.24, 2.45) is 0 Å². The Morgan fingerprint density at radius 3 is 2.57 bits per heavy atom. The fourth-order valence-corrected chi connectivity index (χ4v) is 3.49. The SMILES string of the molecule is C[C@@H]1CN(c2ccc(C#N)c(C(F)(F)F)c2)[C@@H](C)CN1C(=O)Nc1ccnc(F)c1. The third-order valence-electron chi connectivity index (χ3n) is 4.99. The summed E-state index contributed by atoms with van der Waals surface area (Å²) in [6.07, 6.45) is -3.41. The Balaban J connectivity index is 1.78. The lowest BCUT2D eigenvalue weighted by atomic mass is 10.0. The normalized spacial score (nSPS) is 19.4. The van der Waals surface area contributed by atoms with Gasteiger partial charge < -0.3 is 15.1 Å². The first-order valence-corrected chi connectivity index (χ1v) is 9.17. The average Bonchev–Trinajstić information content (AvgIpc) is 2.68. The van der Waals surface area contributed by atoms with E-state index in [1.54, 1.807) is 29.7 Å². The number of alkyl halides is 3. The number of aromatic nitrogens is 1. The third kappa shape index (κ3) is 4.45. The van der Waals surface area contributed by atoms with Gasteiger partial charge in [-0.05, 0) is 38.1 Å². The van der Waals surface area contributed by atoms with Crippen LogP contribution in [0.5, 0.6) is 0 Å². The summed E-state index contributed by atoms with van der Waals surface area (Å²) in [7, 11) is 0. The Hall–Kier alpha value is -3.35. The maximum absolute atomic E-state index is 13.3. The fraction of sp³-hybridized carbons (Fsp3) is 0.350. The lowest BCUT2D eigenvalue weighted by Gasteiger charge is -2.45. The Kier molecular flexibility index (Phi) is 5.82. The molecule has 1 fully saturated rings. The van der Waals surface area contributed by atoms with Crippen LogP contribution in [0.1, 0.15) is 25.0 Å². The van der Waals surface area contributed by atoms with Gasteiger partial charge in [0.25, 0.3) is 0 Å². The molecular weight excluding hydrogens is 402 g/mol. The number of nitriles is 1. The zero-order valence-electron chi connectivity index (χ0n) is 16.2. The molecule has 158 valence electrons. The highest BCUT2D eigenvalue weighted by atomic mass is 19.4. The number of carbonyl (C=O) groups is 1. The Bertz CT molecular complexity index is 988. The van der Waals surface area contributed by atoms with Gasteiger partial charge in [-0.3, -0.25) is 0 Å². The van der Waals surface area contributed by atoms with Crippen LogP contribution in [0.15, 0.2) is 36.5 Å². The van der Waals surface area contributed by atoms with Crippen molar-refractivity contribution >= 4 is 17.4 Å². The number of rotatable bonds is 2. The summed E-state index contributed by atoms with van der Waals surface area (Å²) >= 11 is 0. The molecule has 10 heteroatoms. The number of benzene rings is 1. The molecule has 1 aromatic carbocycles. The first-order chi connectivity index (χ1) is 14.1. The van der Waals surface area contributed by atoms with Crippen LogP contribution in [0.4, 0.5) is 33.7 Å². The molecule has 3 rings (SSSR count). The molecule has 1 aromatic heterocycles. The van der Waals surface area contributed by atoms with Gasteiger partial charge in [0, 0.05) is 48.8 Å².